The van der Waals surface area contributed by atoms with Crippen molar-refractivity contribution >= 4 is 23.6 Å². The quantitative estimate of drug-likeness (QED) is 0.567. The summed E-state index contributed by atoms with van der Waals surface area (Å²) in [4.78, 5) is 12.9. The van der Waals surface area contributed by atoms with Crippen molar-refractivity contribution < 1.29 is 9.53 Å². The Kier molecular flexibility index (Phi) is 5.29. The monoisotopic (exact) mass is 241 g/mol. The summed E-state index contributed by atoms with van der Waals surface area (Å²) in [5, 5.41) is 0.638. The van der Waals surface area contributed by atoms with Crippen LogP contribution in [0.15, 0.2) is 18.2 Å². The number of anilines is 1. The number of rotatable bonds is 6. The van der Waals surface area contributed by atoms with Crippen LogP contribution < -0.4 is 4.90 Å². The summed E-state index contributed by atoms with van der Waals surface area (Å²) < 4.78 is 4.99. The fourth-order valence-corrected chi connectivity index (χ4v) is 1.68. The van der Waals surface area contributed by atoms with E-state index in [-0.39, 0.29) is 0 Å². The standard InChI is InChI=1S/C12H16ClNO2/c1-14(6-3-7-16-2)12-8-11(13)5-4-10(12)9-15/h4-5,8-9H,3,6-7H2,1-2H3. The third-order valence-corrected chi connectivity index (χ3v) is 2.61. The van der Waals surface area contributed by atoms with Crippen molar-refractivity contribution in [2.24, 2.45) is 0 Å². The molecule has 16 heavy (non-hydrogen) atoms. The van der Waals surface area contributed by atoms with E-state index in [2.05, 4.69) is 0 Å². The minimum Gasteiger partial charge on any atom is -0.385 e. The van der Waals surface area contributed by atoms with Crippen LogP contribution in [0.25, 0.3) is 0 Å². The highest BCUT2D eigenvalue weighted by atomic mass is 35.5. The molecule has 4 heteroatoms. The second-order valence-electron chi connectivity index (χ2n) is 3.59. The van der Waals surface area contributed by atoms with Gasteiger partial charge in [-0.1, -0.05) is 11.6 Å². The number of hydrogen-bond acceptors (Lipinski definition) is 3. The summed E-state index contributed by atoms with van der Waals surface area (Å²) in [6, 6.07) is 5.26. The smallest absolute Gasteiger partial charge is 0.152 e. The lowest BCUT2D eigenvalue weighted by Crippen LogP contribution is -2.21. The van der Waals surface area contributed by atoms with Gasteiger partial charge in [0.15, 0.2) is 6.29 Å². The minimum absolute atomic E-state index is 0.638. The SMILES string of the molecule is COCCCN(C)c1cc(Cl)ccc1C=O. The lowest BCUT2D eigenvalue weighted by Gasteiger charge is -2.20. The van der Waals surface area contributed by atoms with Gasteiger partial charge in [-0.3, -0.25) is 4.79 Å². The summed E-state index contributed by atoms with van der Waals surface area (Å²) in [5.41, 5.74) is 1.52. The molecule has 0 aromatic heterocycles. The Hall–Kier alpha value is -1.06. The number of hydrogen-bond donors (Lipinski definition) is 0. The lowest BCUT2D eigenvalue weighted by molar-refractivity contribution is 0.112. The van der Waals surface area contributed by atoms with Gasteiger partial charge in [0.2, 0.25) is 0 Å². The number of benzene rings is 1. The van der Waals surface area contributed by atoms with Gasteiger partial charge >= 0.3 is 0 Å². The van der Waals surface area contributed by atoms with Crippen LogP contribution in [0.3, 0.4) is 0 Å². The molecule has 1 aromatic carbocycles. The summed E-state index contributed by atoms with van der Waals surface area (Å²) in [6.07, 6.45) is 1.76. The zero-order chi connectivity index (χ0) is 12.0. The van der Waals surface area contributed by atoms with Gasteiger partial charge in [-0.05, 0) is 24.6 Å². The molecule has 3 nitrogen and oxygen atoms in total. The molecule has 0 spiro atoms. The maximum Gasteiger partial charge on any atom is 0.152 e. The Morgan fingerprint density at radius 1 is 1.50 bits per heavy atom. The number of nitrogens with zero attached hydrogens (tertiary/aromatic N) is 1. The normalized spacial score (nSPS) is 10.2. The first-order valence-electron chi connectivity index (χ1n) is 5.14. The van der Waals surface area contributed by atoms with Crippen LogP contribution in [0.1, 0.15) is 16.8 Å². The van der Waals surface area contributed by atoms with Gasteiger partial charge in [0.25, 0.3) is 0 Å². The van der Waals surface area contributed by atoms with Crippen LogP contribution in [0.4, 0.5) is 5.69 Å². The molecule has 0 aliphatic carbocycles. The molecule has 0 radical (unpaired) electrons. The minimum atomic E-state index is 0.638. The van der Waals surface area contributed by atoms with Gasteiger partial charge in [0.05, 0.1) is 0 Å². The summed E-state index contributed by atoms with van der Waals surface area (Å²) in [7, 11) is 3.62. The van der Waals surface area contributed by atoms with Crippen LogP contribution in [-0.4, -0.2) is 33.6 Å². The van der Waals surface area contributed by atoms with E-state index in [0.29, 0.717) is 17.2 Å². The largest absolute Gasteiger partial charge is 0.385 e. The maximum atomic E-state index is 10.9. The van der Waals surface area contributed by atoms with Crippen molar-refractivity contribution in [1.29, 1.82) is 0 Å². The zero-order valence-corrected chi connectivity index (χ0v) is 10.3. The molecule has 1 aromatic rings. The molecular formula is C12H16ClNO2. The van der Waals surface area contributed by atoms with Crippen molar-refractivity contribution in [3.8, 4) is 0 Å². The predicted octanol–water partition coefficient (Wildman–Crippen LogP) is 2.63. The number of carbonyl (C=O) groups is 1. The molecule has 0 saturated carbocycles. The first-order chi connectivity index (χ1) is 7.69. The number of aldehydes is 1. The van der Waals surface area contributed by atoms with Gasteiger partial charge in [-0.2, -0.15) is 0 Å². The van der Waals surface area contributed by atoms with Crippen molar-refractivity contribution in [2.45, 2.75) is 6.42 Å². The third-order valence-electron chi connectivity index (χ3n) is 2.37. The van der Waals surface area contributed by atoms with Crippen LogP contribution >= 0.6 is 11.6 Å². The molecule has 0 bridgehead atoms. The van der Waals surface area contributed by atoms with E-state index in [0.717, 1.165) is 24.9 Å². The second kappa shape index (κ2) is 6.51. The molecular weight excluding hydrogens is 226 g/mol. The van der Waals surface area contributed by atoms with E-state index in [9.17, 15) is 4.79 Å². The maximum absolute atomic E-state index is 10.9. The van der Waals surface area contributed by atoms with Gasteiger partial charge in [0, 0.05) is 43.6 Å². The zero-order valence-electron chi connectivity index (χ0n) is 9.57. The number of methoxy groups -OCH3 is 1. The van der Waals surface area contributed by atoms with Crippen molar-refractivity contribution in [3.05, 3.63) is 28.8 Å². The molecule has 0 aliphatic heterocycles. The van der Waals surface area contributed by atoms with E-state index in [1.54, 1.807) is 25.3 Å². The van der Waals surface area contributed by atoms with Crippen molar-refractivity contribution in [1.82, 2.24) is 0 Å². The fourth-order valence-electron chi connectivity index (χ4n) is 1.51. The average Bonchev–Trinajstić information content (AvgIpc) is 2.29. The Balaban J connectivity index is 2.76. The summed E-state index contributed by atoms with van der Waals surface area (Å²) in [6.45, 7) is 1.54. The van der Waals surface area contributed by atoms with Crippen molar-refractivity contribution in [3.63, 3.8) is 0 Å². The number of ether oxygens (including phenoxy) is 1. The molecule has 0 heterocycles. The molecule has 0 aliphatic rings. The average molecular weight is 242 g/mol. The van der Waals surface area contributed by atoms with Crippen LogP contribution in [0.2, 0.25) is 5.02 Å². The van der Waals surface area contributed by atoms with Crippen molar-refractivity contribution in [2.75, 3.05) is 32.2 Å². The third kappa shape index (κ3) is 3.51. The highest BCUT2D eigenvalue weighted by Crippen LogP contribution is 2.22. The topological polar surface area (TPSA) is 29.5 Å². The van der Waals surface area contributed by atoms with E-state index in [1.807, 2.05) is 11.9 Å². The van der Waals surface area contributed by atoms with E-state index < -0.39 is 0 Å². The number of halogens is 1. The molecule has 0 fully saturated rings. The molecule has 0 saturated heterocycles. The molecule has 0 N–H and O–H groups in total. The van der Waals surface area contributed by atoms with Crippen LogP contribution in [-0.2, 0) is 4.74 Å². The predicted molar refractivity (Wildman–Crippen MR) is 66.6 cm³/mol. The first-order valence-corrected chi connectivity index (χ1v) is 5.51. The van der Waals surface area contributed by atoms with Gasteiger partial charge < -0.3 is 9.64 Å². The van der Waals surface area contributed by atoms with Crippen LogP contribution in [0, 0.1) is 0 Å². The second-order valence-corrected chi connectivity index (χ2v) is 4.03. The van der Waals surface area contributed by atoms with Gasteiger partial charge in [-0.15, -0.1) is 0 Å². The Bertz CT molecular complexity index is 355. The Morgan fingerprint density at radius 2 is 2.25 bits per heavy atom. The molecule has 1 rings (SSSR count). The molecule has 0 atom stereocenters. The highest BCUT2D eigenvalue weighted by molar-refractivity contribution is 6.31. The Labute approximate surface area is 101 Å². The summed E-state index contributed by atoms with van der Waals surface area (Å²) in [5.74, 6) is 0. The van der Waals surface area contributed by atoms with Gasteiger partial charge in [0.1, 0.15) is 0 Å². The van der Waals surface area contributed by atoms with Crippen LogP contribution in [0.5, 0.6) is 0 Å². The molecule has 0 amide bonds. The fraction of sp³-hybridized carbons (Fsp3) is 0.417. The van der Waals surface area contributed by atoms with E-state index >= 15 is 0 Å². The lowest BCUT2D eigenvalue weighted by atomic mass is 10.2. The molecule has 0 unspecified atom stereocenters. The summed E-state index contributed by atoms with van der Waals surface area (Å²) >= 11 is 5.91. The number of carbonyl (C=O) groups excluding carboxylic acids is 1. The molecule has 88 valence electrons. The highest BCUT2D eigenvalue weighted by Gasteiger charge is 2.07. The van der Waals surface area contributed by atoms with E-state index in [1.165, 1.54) is 0 Å². The first kappa shape index (κ1) is 13.0. The van der Waals surface area contributed by atoms with Gasteiger partial charge in [-0.25, -0.2) is 0 Å². The van der Waals surface area contributed by atoms with E-state index in [4.69, 9.17) is 16.3 Å². The Morgan fingerprint density at radius 3 is 2.88 bits per heavy atom.